The average Bonchev–Trinajstić information content (AvgIpc) is 1.77. The van der Waals surface area contributed by atoms with Crippen LogP contribution in [0, 0.1) is 16.2 Å². The van der Waals surface area contributed by atoms with Crippen LogP contribution in [0.3, 0.4) is 0 Å². The van der Waals surface area contributed by atoms with E-state index in [0.29, 0.717) is 0 Å². The molecule has 0 aromatic heterocycles. The van der Waals surface area contributed by atoms with Crippen molar-refractivity contribution in [2.45, 2.75) is 67.9 Å². The van der Waals surface area contributed by atoms with E-state index in [9.17, 15) is 0 Å². The molecule has 0 heterocycles. The molecule has 0 saturated heterocycles. The van der Waals surface area contributed by atoms with E-state index in [1.54, 1.807) is 0 Å². The third kappa shape index (κ3) is 1.98. The Kier molecular flexibility index (Phi) is 3.22. The quantitative estimate of drug-likeness (QED) is 0.630. The SMILES string of the molecule is CC(C)(C)C(N)(C(C)(C)C)C(C)(C)C. The smallest absolute Gasteiger partial charge is 0.0301 e. The summed E-state index contributed by atoms with van der Waals surface area (Å²) in [5.41, 5.74) is 6.84. The second-order valence-corrected chi connectivity index (χ2v) is 7.56. The standard InChI is InChI=1S/C13H29N/c1-10(2,3)13(14,11(4,5)6)12(7,8)9/h14H2,1-9H3. The molecule has 0 bridgehead atoms. The first kappa shape index (κ1) is 14.0. The highest BCUT2D eigenvalue weighted by atomic mass is 14.9. The van der Waals surface area contributed by atoms with Crippen LogP contribution in [0.2, 0.25) is 0 Å². The molecule has 0 aliphatic rings. The zero-order chi connectivity index (χ0) is 12.0. The van der Waals surface area contributed by atoms with Crippen molar-refractivity contribution in [1.29, 1.82) is 0 Å². The Labute approximate surface area is 90.5 Å². The average molecular weight is 199 g/mol. The van der Waals surface area contributed by atoms with Crippen molar-refractivity contribution >= 4 is 0 Å². The summed E-state index contributed by atoms with van der Waals surface area (Å²) in [7, 11) is 0. The normalized spacial score (nSPS) is 15.9. The summed E-state index contributed by atoms with van der Waals surface area (Å²) >= 11 is 0. The Bertz CT molecular complexity index is 159. The van der Waals surface area contributed by atoms with Gasteiger partial charge in [-0.25, -0.2) is 0 Å². The van der Waals surface area contributed by atoms with Crippen LogP contribution in [0.5, 0.6) is 0 Å². The second-order valence-electron chi connectivity index (χ2n) is 7.56. The van der Waals surface area contributed by atoms with Crippen molar-refractivity contribution in [2.75, 3.05) is 0 Å². The fraction of sp³-hybridized carbons (Fsp3) is 1.00. The Morgan fingerprint density at radius 1 is 0.500 bits per heavy atom. The van der Waals surface area contributed by atoms with Crippen molar-refractivity contribution in [3.8, 4) is 0 Å². The van der Waals surface area contributed by atoms with E-state index >= 15 is 0 Å². The Hall–Kier alpha value is -0.0400. The summed E-state index contributed by atoms with van der Waals surface area (Å²) in [6.45, 7) is 20.2. The lowest BCUT2D eigenvalue weighted by Crippen LogP contribution is -2.67. The molecule has 0 radical (unpaired) electrons. The molecule has 0 saturated carbocycles. The van der Waals surface area contributed by atoms with E-state index in [0.717, 1.165) is 0 Å². The summed E-state index contributed by atoms with van der Waals surface area (Å²) in [6, 6.07) is 0. The predicted octanol–water partition coefficient (Wildman–Crippen LogP) is 3.82. The van der Waals surface area contributed by atoms with Crippen LogP contribution in [0.15, 0.2) is 0 Å². The fourth-order valence-electron chi connectivity index (χ4n) is 3.38. The van der Waals surface area contributed by atoms with Crippen LogP contribution in [0.1, 0.15) is 62.3 Å². The predicted molar refractivity (Wildman–Crippen MR) is 65.3 cm³/mol. The minimum Gasteiger partial charge on any atom is -0.324 e. The molecular formula is C13H29N. The zero-order valence-corrected chi connectivity index (χ0v) is 11.6. The van der Waals surface area contributed by atoms with Crippen LogP contribution in [-0.4, -0.2) is 5.54 Å². The van der Waals surface area contributed by atoms with Gasteiger partial charge in [0.25, 0.3) is 0 Å². The molecule has 0 aromatic rings. The van der Waals surface area contributed by atoms with Gasteiger partial charge in [-0.15, -0.1) is 0 Å². The van der Waals surface area contributed by atoms with E-state index in [1.807, 2.05) is 0 Å². The number of nitrogens with two attached hydrogens (primary N) is 1. The largest absolute Gasteiger partial charge is 0.324 e. The van der Waals surface area contributed by atoms with Gasteiger partial charge in [-0.2, -0.15) is 0 Å². The molecule has 0 rings (SSSR count). The van der Waals surface area contributed by atoms with E-state index in [2.05, 4.69) is 62.3 Å². The lowest BCUT2D eigenvalue weighted by Gasteiger charge is -2.58. The summed E-state index contributed by atoms with van der Waals surface area (Å²) in [5.74, 6) is 0. The van der Waals surface area contributed by atoms with E-state index in [-0.39, 0.29) is 21.8 Å². The summed E-state index contributed by atoms with van der Waals surface area (Å²) in [6.07, 6.45) is 0. The summed E-state index contributed by atoms with van der Waals surface area (Å²) in [4.78, 5) is 0. The summed E-state index contributed by atoms with van der Waals surface area (Å²) in [5, 5.41) is 0. The number of hydrogen-bond acceptors (Lipinski definition) is 1. The minimum atomic E-state index is -0.187. The Morgan fingerprint density at radius 2 is 0.643 bits per heavy atom. The maximum Gasteiger partial charge on any atom is 0.0301 e. The molecule has 2 N–H and O–H groups in total. The molecule has 0 aliphatic heterocycles. The molecule has 0 spiro atoms. The first-order valence-corrected chi connectivity index (χ1v) is 5.54. The first-order valence-electron chi connectivity index (χ1n) is 5.54. The molecule has 86 valence electrons. The highest BCUT2D eigenvalue weighted by Gasteiger charge is 2.54. The fourth-order valence-corrected chi connectivity index (χ4v) is 3.38. The topological polar surface area (TPSA) is 26.0 Å². The van der Waals surface area contributed by atoms with E-state index < -0.39 is 0 Å². The first-order chi connectivity index (χ1) is 5.75. The zero-order valence-electron chi connectivity index (χ0n) is 11.6. The van der Waals surface area contributed by atoms with Gasteiger partial charge >= 0.3 is 0 Å². The highest BCUT2D eigenvalue weighted by molar-refractivity contribution is 5.10. The van der Waals surface area contributed by atoms with E-state index in [1.165, 1.54) is 0 Å². The van der Waals surface area contributed by atoms with Crippen molar-refractivity contribution in [3.05, 3.63) is 0 Å². The molecule has 0 aromatic carbocycles. The highest BCUT2D eigenvalue weighted by Crippen LogP contribution is 2.51. The van der Waals surface area contributed by atoms with Gasteiger partial charge in [-0.1, -0.05) is 62.3 Å². The van der Waals surface area contributed by atoms with Crippen LogP contribution in [-0.2, 0) is 0 Å². The second kappa shape index (κ2) is 3.23. The molecule has 0 amide bonds. The van der Waals surface area contributed by atoms with Crippen LogP contribution >= 0.6 is 0 Å². The van der Waals surface area contributed by atoms with Crippen LogP contribution in [0.4, 0.5) is 0 Å². The number of hydrogen-bond donors (Lipinski definition) is 1. The third-order valence-electron chi connectivity index (χ3n) is 3.55. The Balaban J connectivity index is 5.54. The van der Waals surface area contributed by atoms with Gasteiger partial charge in [-0.3, -0.25) is 0 Å². The lowest BCUT2D eigenvalue weighted by atomic mass is 9.50. The number of rotatable bonds is 0. The van der Waals surface area contributed by atoms with Gasteiger partial charge in [0.15, 0.2) is 0 Å². The van der Waals surface area contributed by atoms with Gasteiger partial charge in [0, 0.05) is 5.54 Å². The Morgan fingerprint density at radius 3 is 0.643 bits per heavy atom. The minimum absolute atomic E-state index is 0.101. The van der Waals surface area contributed by atoms with Gasteiger partial charge in [-0.05, 0) is 16.2 Å². The third-order valence-corrected chi connectivity index (χ3v) is 3.55. The maximum absolute atomic E-state index is 6.73. The van der Waals surface area contributed by atoms with Crippen molar-refractivity contribution < 1.29 is 0 Å². The van der Waals surface area contributed by atoms with Crippen molar-refractivity contribution in [1.82, 2.24) is 0 Å². The monoisotopic (exact) mass is 199 g/mol. The molecule has 0 fully saturated rings. The maximum atomic E-state index is 6.73. The molecule has 0 atom stereocenters. The molecule has 14 heavy (non-hydrogen) atoms. The van der Waals surface area contributed by atoms with Gasteiger partial charge in [0.2, 0.25) is 0 Å². The van der Waals surface area contributed by atoms with Crippen LogP contribution < -0.4 is 5.73 Å². The summed E-state index contributed by atoms with van der Waals surface area (Å²) < 4.78 is 0. The van der Waals surface area contributed by atoms with Crippen molar-refractivity contribution in [2.24, 2.45) is 22.0 Å². The molecule has 0 aliphatic carbocycles. The molecule has 1 nitrogen and oxygen atoms in total. The lowest BCUT2D eigenvalue weighted by molar-refractivity contribution is -0.0338. The molecule has 0 unspecified atom stereocenters. The van der Waals surface area contributed by atoms with Crippen LogP contribution in [0.25, 0.3) is 0 Å². The van der Waals surface area contributed by atoms with Gasteiger partial charge < -0.3 is 5.73 Å². The van der Waals surface area contributed by atoms with Gasteiger partial charge in [0.05, 0.1) is 0 Å². The van der Waals surface area contributed by atoms with Gasteiger partial charge in [0.1, 0.15) is 0 Å². The molecular weight excluding hydrogens is 170 g/mol. The van der Waals surface area contributed by atoms with E-state index in [4.69, 9.17) is 5.73 Å². The molecule has 1 heteroatoms. The van der Waals surface area contributed by atoms with Crippen molar-refractivity contribution in [3.63, 3.8) is 0 Å².